The molecule has 0 aromatic heterocycles. The monoisotopic (exact) mass is 448 g/mol. The van der Waals surface area contributed by atoms with Crippen molar-refractivity contribution in [3.63, 3.8) is 0 Å². The lowest BCUT2D eigenvalue weighted by Crippen LogP contribution is -2.51. The molecule has 0 saturated carbocycles. The number of aromatic carboxylic acids is 1. The summed E-state index contributed by atoms with van der Waals surface area (Å²) in [6.07, 6.45) is -7.16. The van der Waals surface area contributed by atoms with Crippen LogP contribution in [0.5, 0.6) is 0 Å². The van der Waals surface area contributed by atoms with Crippen LogP contribution in [-0.4, -0.2) is 23.2 Å². The minimum absolute atomic E-state index is 2.44. The number of carboxylic acid groups (broad SMARTS) is 1. The molecule has 0 bridgehead atoms. The number of carboxylic acids is 1. The minimum atomic E-state index is -7.25. The summed E-state index contributed by atoms with van der Waals surface area (Å²) in [6.45, 7) is 0. The van der Waals surface area contributed by atoms with E-state index in [-0.39, 0.29) is 0 Å². The Morgan fingerprint density at radius 2 is 1.00 bits per heavy atom. The third-order valence-corrected chi connectivity index (χ3v) is 3.68. The van der Waals surface area contributed by atoms with Crippen LogP contribution in [0.25, 0.3) is 10.8 Å². The number of halogens is 13. The predicted molar refractivity (Wildman–Crippen MR) is 65.6 cm³/mol. The van der Waals surface area contributed by atoms with Crippen molar-refractivity contribution in [1.82, 2.24) is 0 Å². The number of carbonyl (C=O) groups is 1. The molecule has 29 heavy (non-hydrogen) atoms. The molecule has 1 N–H and O–H groups in total. The predicted octanol–water partition coefficient (Wildman–Crippen LogP) is 5.66. The fraction of sp³-hybridized carbons (Fsp3) is 0.214. The van der Waals surface area contributed by atoms with Crippen LogP contribution in [0, 0.1) is 34.9 Å². The molecule has 2 rings (SSSR count). The Morgan fingerprint density at radius 1 is 0.621 bits per heavy atom. The molecule has 0 spiro atoms. The summed E-state index contributed by atoms with van der Waals surface area (Å²) in [5.41, 5.74) is -6.43. The average molecular weight is 448 g/mol. The first-order chi connectivity index (χ1) is 12.9. The quantitative estimate of drug-likeness (QED) is 0.374. The third kappa shape index (κ3) is 2.85. The van der Waals surface area contributed by atoms with E-state index in [0.717, 1.165) is 0 Å². The molecule has 2 nitrogen and oxygen atoms in total. The first-order valence-electron chi connectivity index (χ1n) is 6.63. The number of benzene rings is 2. The van der Waals surface area contributed by atoms with Crippen molar-refractivity contribution in [3.05, 3.63) is 46.0 Å². The molecule has 0 saturated heterocycles. The summed E-state index contributed by atoms with van der Waals surface area (Å²) in [4.78, 5) is 11.1. The van der Waals surface area contributed by atoms with Crippen LogP contribution < -0.4 is 0 Å². The maximum absolute atomic E-state index is 14.0. The molecule has 2 aromatic carbocycles. The minimum Gasteiger partial charge on any atom is -0.478 e. The average Bonchev–Trinajstić information content (AvgIpc) is 2.58. The Bertz CT molecular complexity index is 1040. The van der Waals surface area contributed by atoms with E-state index in [2.05, 4.69) is 0 Å². The molecule has 0 aliphatic carbocycles. The van der Waals surface area contributed by atoms with Crippen LogP contribution in [0.1, 0.15) is 15.9 Å². The van der Waals surface area contributed by atoms with Crippen molar-refractivity contribution >= 4 is 16.7 Å². The summed E-state index contributed by atoms with van der Waals surface area (Å²) >= 11 is 0. The number of alkyl halides is 7. The van der Waals surface area contributed by atoms with Crippen molar-refractivity contribution in [2.75, 3.05) is 0 Å². The maximum atomic E-state index is 14.0. The maximum Gasteiger partial charge on any atom is 0.460 e. The summed E-state index contributed by atoms with van der Waals surface area (Å²) in [6, 6.07) is 0. The Hall–Kier alpha value is -2.74. The van der Waals surface area contributed by atoms with Crippen LogP contribution in [0.4, 0.5) is 57.1 Å². The SMILES string of the molecule is O=C(O)c1c(C(F)(F)C(F)(F)C(F)(F)F)c(F)c(F)c2c(F)c(F)c(F)c(F)c12. The summed E-state index contributed by atoms with van der Waals surface area (Å²) in [7, 11) is 0. The molecule has 0 radical (unpaired) electrons. The van der Waals surface area contributed by atoms with E-state index >= 15 is 0 Å². The van der Waals surface area contributed by atoms with E-state index in [1.54, 1.807) is 0 Å². The Balaban J connectivity index is 3.25. The zero-order valence-electron chi connectivity index (χ0n) is 12.8. The number of fused-ring (bicyclic) bond motifs is 1. The van der Waals surface area contributed by atoms with Crippen molar-refractivity contribution in [1.29, 1.82) is 0 Å². The van der Waals surface area contributed by atoms with Crippen molar-refractivity contribution in [2.24, 2.45) is 0 Å². The van der Waals surface area contributed by atoms with Crippen LogP contribution in [0.3, 0.4) is 0 Å². The topological polar surface area (TPSA) is 37.3 Å². The van der Waals surface area contributed by atoms with Gasteiger partial charge in [-0.2, -0.15) is 30.7 Å². The Labute approximate surface area is 149 Å². The highest BCUT2D eigenvalue weighted by atomic mass is 19.4. The smallest absolute Gasteiger partial charge is 0.460 e. The Morgan fingerprint density at radius 3 is 1.38 bits per heavy atom. The lowest BCUT2D eigenvalue weighted by molar-refractivity contribution is -0.360. The van der Waals surface area contributed by atoms with Gasteiger partial charge in [-0.1, -0.05) is 0 Å². The lowest BCUT2D eigenvalue weighted by atomic mass is 9.90. The van der Waals surface area contributed by atoms with Gasteiger partial charge in [-0.3, -0.25) is 0 Å². The van der Waals surface area contributed by atoms with E-state index in [1.807, 2.05) is 0 Å². The van der Waals surface area contributed by atoms with Crippen molar-refractivity contribution in [3.8, 4) is 0 Å². The Kier molecular flexibility index (Phi) is 4.96. The summed E-state index contributed by atoms with van der Waals surface area (Å²) in [5.74, 6) is -35.5. The van der Waals surface area contributed by atoms with Gasteiger partial charge in [-0.25, -0.2) is 31.1 Å². The van der Waals surface area contributed by atoms with Gasteiger partial charge in [0.1, 0.15) is 0 Å². The molecule has 160 valence electrons. The fourth-order valence-electron chi connectivity index (χ4n) is 2.37. The first-order valence-corrected chi connectivity index (χ1v) is 6.63. The molecule has 0 fully saturated rings. The molecule has 0 heterocycles. The number of hydrogen-bond donors (Lipinski definition) is 1. The lowest BCUT2D eigenvalue weighted by Gasteiger charge is -2.30. The highest BCUT2D eigenvalue weighted by Gasteiger charge is 2.75. The van der Waals surface area contributed by atoms with E-state index in [9.17, 15) is 61.9 Å². The molecule has 0 unspecified atom stereocenters. The van der Waals surface area contributed by atoms with Gasteiger partial charge in [-0.05, 0) is 0 Å². The molecule has 0 aliphatic rings. The van der Waals surface area contributed by atoms with Gasteiger partial charge in [0.15, 0.2) is 34.9 Å². The molecule has 0 atom stereocenters. The van der Waals surface area contributed by atoms with Crippen LogP contribution in [0.15, 0.2) is 0 Å². The second kappa shape index (κ2) is 6.38. The molecule has 0 aliphatic heterocycles. The van der Waals surface area contributed by atoms with Crippen molar-refractivity contribution in [2.45, 2.75) is 18.0 Å². The fourth-order valence-corrected chi connectivity index (χ4v) is 2.37. The van der Waals surface area contributed by atoms with Gasteiger partial charge in [0.25, 0.3) is 0 Å². The second-order valence-electron chi connectivity index (χ2n) is 5.34. The second-order valence-corrected chi connectivity index (χ2v) is 5.34. The largest absolute Gasteiger partial charge is 0.478 e. The van der Waals surface area contributed by atoms with Crippen molar-refractivity contribution < 1.29 is 67.0 Å². The van der Waals surface area contributed by atoms with Gasteiger partial charge >= 0.3 is 24.0 Å². The van der Waals surface area contributed by atoms with E-state index < -0.39 is 80.8 Å². The van der Waals surface area contributed by atoms with Gasteiger partial charge in [0.2, 0.25) is 0 Å². The standard InChI is InChI=1S/C14HF13O2/c15-5-1-2(11(28)29)4(12(21,22)13(23,24)14(25,26)27)8(18)6(16)3(1)7(17)10(20)9(5)19/h(H,28,29). The summed E-state index contributed by atoms with van der Waals surface area (Å²) < 4.78 is 173. The van der Waals surface area contributed by atoms with Gasteiger partial charge in [0, 0.05) is 5.39 Å². The van der Waals surface area contributed by atoms with Gasteiger partial charge in [0.05, 0.1) is 16.5 Å². The molecule has 0 amide bonds. The normalized spacial score (nSPS) is 13.3. The molecule has 15 heteroatoms. The zero-order valence-corrected chi connectivity index (χ0v) is 12.8. The van der Waals surface area contributed by atoms with Crippen LogP contribution in [-0.2, 0) is 5.92 Å². The van der Waals surface area contributed by atoms with Gasteiger partial charge < -0.3 is 5.11 Å². The number of rotatable bonds is 3. The van der Waals surface area contributed by atoms with Gasteiger partial charge in [-0.15, -0.1) is 0 Å². The molecular formula is C14HF13O2. The highest BCUT2D eigenvalue weighted by Crippen LogP contribution is 2.54. The first kappa shape index (κ1) is 22.5. The third-order valence-electron chi connectivity index (χ3n) is 3.68. The summed E-state index contributed by atoms with van der Waals surface area (Å²) in [5, 5.41) is 3.87. The molecule has 2 aromatic rings. The number of hydrogen-bond acceptors (Lipinski definition) is 1. The van der Waals surface area contributed by atoms with Crippen LogP contribution in [0.2, 0.25) is 0 Å². The van der Waals surface area contributed by atoms with E-state index in [4.69, 9.17) is 5.11 Å². The van der Waals surface area contributed by atoms with E-state index in [0.29, 0.717) is 0 Å². The van der Waals surface area contributed by atoms with Crippen LogP contribution >= 0.6 is 0 Å². The zero-order chi connectivity index (χ0) is 22.9. The highest BCUT2D eigenvalue weighted by molar-refractivity contribution is 6.06. The van der Waals surface area contributed by atoms with E-state index in [1.165, 1.54) is 0 Å². The molecular weight excluding hydrogens is 447 g/mol.